The molecule has 1 aromatic carbocycles. The molecule has 1 heterocycles. The van der Waals surface area contributed by atoms with Crippen LogP contribution < -0.4 is 10.1 Å². The zero-order valence-electron chi connectivity index (χ0n) is 12.4. The number of aliphatic hydroxyl groups excluding tert-OH is 1. The molecule has 1 saturated heterocycles. The number of aliphatic hydroxyl groups is 1. The smallest absolute Gasteiger partial charge is 0.119 e. The first-order chi connectivity index (χ1) is 9.57. The van der Waals surface area contributed by atoms with Crippen molar-refractivity contribution in [2.45, 2.75) is 38.3 Å². The van der Waals surface area contributed by atoms with Gasteiger partial charge in [0.25, 0.3) is 0 Å². The van der Waals surface area contributed by atoms with E-state index in [0.717, 1.165) is 37.4 Å². The highest BCUT2D eigenvalue weighted by molar-refractivity contribution is 5.27. The highest BCUT2D eigenvalue weighted by atomic mass is 16.5. The minimum Gasteiger partial charge on any atom is -0.491 e. The average molecular weight is 279 g/mol. The van der Waals surface area contributed by atoms with Gasteiger partial charge in [0, 0.05) is 25.3 Å². The molecule has 1 aromatic rings. The molecule has 1 aliphatic heterocycles. The van der Waals surface area contributed by atoms with Crippen molar-refractivity contribution in [2.75, 3.05) is 26.4 Å². The van der Waals surface area contributed by atoms with Gasteiger partial charge >= 0.3 is 0 Å². The number of aryl methyl sites for hydroxylation is 1. The molecule has 0 aliphatic carbocycles. The van der Waals surface area contributed by atoms with E-state index in [-0.39, 0.29) is 5.54 Å². The van der Waals surface area contributed by atoms with Crippen molar-refractivity contribution >= 4 is 0 Å². The van der Waals surface area contributed by atoms with Crippen LogP contribution in [0.25, 0.3) is 0 Å². The van der Waals surface area contributed by atoms with E-state index >= 15 is 0 Å². The molecule has 1 aliphatic rings. The summed E-state index contributed by atoms with van der Waals surface area (Å²) < 4.78 is 11.0. The molecule has 2 N–H and O–H groups in total. The fourth-order valence-corrected chi connectivity index (χ4v) is 2.32. The summed E-state index contributed by atoms with van der Waals surface area (Å²) in [6, 6.07) is 7.86. The zero-order chi connectivity index (χ0) is 14.4. The molecule has 2 rings (SSSR count). The van der Waals surface area contributed by atoms with Crippen LogP contribution in [0.15, 0.2) is 24.3 Å². The Morgan fingerprint density at radius 1 is 1.40 bits per heavy atom. The van der Waals surface area contributed by atoms with Gasteiger partial charge in [-0.15, -0.1) is 0 Å². The number of hydrogen-bond acceptors (Lipinski definition) is 4. The van der Waals surface area contributed by atoms with E-state index in [9.17, 15) is 5.11 Å². The first-order valence-electron chi connectivity index (χ1n) is 7.28. The molecule has 4 nitrogen and oxygen atoms in total. The van der Waals surface area contributed by atoms with Crippen LogP contribution in [0.5, 0.6) is 5.75 Å². The third-order valence-corrected chi connectivity index (χ3v) is 3.79. The molecule has 0 amide bonds. The molecular weight excluding hydrogens is 254 g/mol. The van der Waals surface area contributed by atoms with E-state index in [1.165, 1.54) is 0 Å². The van der Waals surface area contributed by atoms with Crippen molar-refractivity contribution in [3.05, 3.63) is 29.8 Å². The molecule has 0 bridgehead atoms. The second-order valence-corrected chi connectivity index (χ2v) is 5.84. The highest BCUT2D eigenvalue weighted by Gasteiger charge is 2.27. The minimum absolute atomic E-state index is 0.0720. The van der Waals surface area contributed by atoms with Crippen LogP contribution in [0.4, 0.5) is 0 Å². The van der Waals surface area contributed by atoms with Gasteiger partial charge in [-0.1, -0.05) is 12.1 Å². The molecule has 0 aromatic heterocycles. The summed E-state index contributed by atoms with van der Waals surface area (Å²) in [5.41, 5.74) is 1.23. The maximum atomic E-state index is 10.0. The predicted molar refractivity (Wildman–Crippen MR) is 79.1 cm³/mol. The maximum Gasteiger partial charge on any atom is 0.119 e. The van der Waals surface area contributed by atoms with Gasteiger partial charge in [0.2, 0.25) is 0 Å². The van der Waals surface area contributed by atoms with Crippen molar-refractivity contribution < 1.29 is 14.6 Å². The largest absolute Gasteiger partial charge is 0.491 e. The summed E-state index contributed by atoms with van der Waals surface area (Å²) in [6.45, 7) is 6.64. The van der Waals surface area contributed by atoms with Crippen LogP contribution >= 0.6 is 0 Å². The zero-order valence-corrected chi connectivity index (χ0v) is 12.4. The maximum absolute atomic E-state index is 10.0. The molecule has 0 spiro atoms. The van der Waals surface area contributed by atoms with Crippen molar-refractivity contribution in [1.82, 2.24) is 5.32 Å². The van der Waals surface area contributed by atoms with Crippen molar-refractivity contribution in [3.8, 4) is 5.75 Å². The number of hydrogen-bond donors (Lipinski definition) is 2. The monoisotopic (exact) mass is 279 g/mol. The van der Waals surface area contributed by atoms with E-state index < -0.39 is 6.10 Å². The molecule has 112 valence electrons. The third kappa shape index (κ3) is 4.78. The summed E-state index contributed by atoms with van der Waals surface area (Å²) in [5, 5.41) is 13.4. The molecule has 1 fully saturated rings. The predicted octanol–water partition coefficient (Wildman–Crippen LogP) is 1.89. The molecule has 1 atom stereocenters. The van der Waals surface area contributed by atoms with E-state index in [1.54, 1.807) is 0 Å². The van der Waals surface area contributed by atoms with Gasteiger partial charge < -0.3 is 19.9 Å². The number of rotatable bonds is 6. The van der Waals surface area contributed by atoms with Gasteiger partial charge in [-0.2, -0.15) is 0 Å². The lowest BCUT2D eigenvalue weighted by molar-refractivity contribution is 0.0342. The summed E-state index contributed by atoms with van der Waals surface area (Å²) in [7, 11) is 0. The van der Waals surface area contributed by atoms with Crippen LogP contribution in [0.2, 0.25) is 0 Å². The minimum atomic E-state index is -0.504. The van der Waals surface area contributed by atoms with Crippen molar-refractivity contribution in [1.29, 1.82) is 0 Å². The number of benzene rings is 1. The Bertz CT molecular complexity index is 416. The van der Waals surface area contributed by atoms with E-state index in [0.29, 0.717) is 13.2 Å². The fraction of sp³-hybridized carbons (Fsp3) is 0.625. The molecule has 0 radical (unpaired) electrons. The summed E-state index contributed by atoms with van der Waals surface area (Å²) in [6.07, 6.45) is 1.46. The summed E-state index contributed by atoms with van der Waals surface area (Å²) in [4.78, 5) is 0. The lowest BCUT2D eigenvalue weighted by Gasteiger charge is -2.35. The molecular formula is C16H25NO3. The topological polar surface area (TPSA) is 50.7 Å². The van der Waals surface area contributed by atoms with Gasteiger partial charge in [0.15, 0.2) is 0 Å². The third-order valence-electron chi connectivity index (χ3n) is 3.79. The second-order valence-electron chi connectivity index (χ2n) is 5.84. The quantitative estimate of drug-likeness (QED) is 0.835. The van der Waals surface area contributed by atoms with Crippen LogP contribution in [-0.4, -0.2) is 43.1 Å². The second kappa shape index (κ2) is 7.07. The fourth-order valence-electron chi connectivity index (χ4n) is 2.32. The number of β-amino-alcohol motifs (C(OH)–C–C–N with tert-alkyl or cyclic N) is 1. The Labute approximate surface area is 121 Å². The van der Waals surface area contributed by atoms with Gasteiger partial charge in [-0.25, -0.2) is 0 Å². The normalized spacial score (nSPS) is 19.6. The van der Waals surface area contributed by atoms with Crippen LogP contribution in [-0.2, 0) is 4.74 Å². The van der Waals surface area contributed by atoms with E-state index in [4.69, 9.17) is 9.47 Å². The lowest BCUT2D eigenvalue weighted by atomic mass is 9.92. The standard InChI is InChI=1S/C16H25NO3/c1-13-4-3-5-15(10-13)20-12-14(18)11-17-16(2)6-8-19-9-7-16/h3-5,10,14,17-18H,6-9,11-12H2,1-2H3. The lowest BCUT2D eigenvalue weighted by Crippen LogP contribution is -2.50. The average Bonchev–Trinajstić information content (AvgIpc) is 2.44. The number of ether oxygens (including phenoxy) is 2. The Morgan fingerprint density at radius 2 is 2.15 bits per heavy atom. The molecule has 0 saturated carbocycles. The first-order valence-corrected chi connectivity index (χ1v) is 7.28. The van der Waals surface area contributed by atoms with Gasteiger partial charge in [0.05, 0.1) is 0 Å². The van der Waals surface area contributed by atoms with E-state index in [1.807, 2.05) is 31.2 Å². The van der Waals surface area contributed by atoms with Gasteiger partial charge in [-0.05, 0) is 44.4 Å². The summed E-state index contributed by atoms with van der Waals surface area (Å²) >= 11 is 0. The SMILES string of the molecule is Cc1cccc(OCC(O)CNC2(C)CCOCC2)c1. The van der Waals surface area contributed by atoms with Crippen LogP contribution in [0, 0.1) is 6.92 Å². The van der Waals surface area contributed by atoms with Gasteiger partial charge in [0.1, 0.15) is 18.5 Å². The first kappa shape index (κ1) is 15.3. The van der Waals surface area contributed by atoms with E-state index in [2.05, 4.69) is 12.2 Å². The van der Waals surface area contributed by atoms with Crippen molar-refractivity contribution in [2.24, 2.45) is 0 Å². The Kier molecular flexibility index (Phi) is 5.40. The molecule has 1 unspecified atom stereocenters. The Hall–Kier alpha value is -1.10. The highest BCUT2D eigenvalue weighted by Crippen LogP contribution is 2.19. The van der Waals surface area contributed by atoms with Crippen LogP contribution in [0.3, 0.4) is 0 Å². The van der Waals surface area contributed by atoms with Gasteiger partial charge in [-0.3, -0.25) is 0 Å². The number of nitrogens with one attached hydrogen (secondary N) is 1. The Morgan fingerprint density at radius 3 is 2.85 bits per heavy atom. The molecule has 4 heteroatoms. The summed E-state index contributed by atoms with van der Waals surface area (Å²) in [5.74, 6) is 0.807. The van der Waals surface area contributed by atoms with Crippen molar-refractivity contribution in [3.63, 3.8) is 0 Å². The van der Waals surface area contributed by atoms with Crippen LogP contribution in [0.1, 0.15) is 25.3 Å². The molecule has 20 heavy (non-hydrogen) atoms. The Balaban J connectivity index is 1.71.